The number of hydrogen-bond donors (Lipinski definition) is 1. The van der Waals surface area contributed by atoms with E-state index in [9.17, 15) is 9.18 Å². The van der Waals surface area contributed by atoms with Crippen LogP contribution < -0.4 is 5.32 Å². The second-order valence-corrected chi connectivity index (χ2v) is 4.61. The maximum Gasteiger partial charge on any atom is 0.258 e. The second kappa shape index (κ2) is 5.55. The Balaban J connectivity index is 2.32. The minimum Gasteiger partial charge on any atom is -0.319 e. The number of amides is 1. The van der Waals surface area contributed by atoms with Gasteiger partial charge in [-0.3, -0.25) is 4.79 Å². The summed E-state index contributed by atoms with van der Waals surface area (Å²) in [6.45, 7) is 1.72. The standard InChI is InChI=1S/C13H9Cl2FN2O/c1-7-6-10(14)17-12(15)11(7)18-13(19)8-4-2-3-5-9(8)16/h2-6H,1H3,(H,18,19). The zero-order chi connectivity index (χ0) is 14.0. The van der Waals surface area contributed by atoms with Crippen molar-refractivity contribution in [3.63, 3.8) is 0 Å². The van der Waals surface area contributed by atoms with Gasteiger partial charge in [0.1, 0.15) is 11.0 Å². The minimum atomic E-state index is -0.601. The van der Waals surface area contributed by atoms with Crippen molar-refractivity contribution in [1.29, 1.82) is 0 Å². The molecule has 1 aromatic heterocycles. The van der Waals surface area contributed by atoms with Gasteiger partial charge in [-0.1, -0.05) is 35.3 Å². The number of halogens is 3. The quantitative estimate of drug-likeness (QED) is 0.849. The van der Waals surface area contributed by atoms with Gasteiger partial charge in [-0.05, 0) is 30.7 Å². The molecule has 0 aliphatic rings. The molecule has 2 rings (SSSR count). The number of carbonyl (C=O) groups excluding carboxylic acids is 1. The predicted molar refractivity (Wildman–Crippen MR) is 73.3 cm³/mol. The van der Waals surface area contributed by atoms with Crippen molar-refractivity contribution < 1.29 is 9.18 Å². The first-order chi connectivity index (χ1) is 8.99. The van der Waals surface area contributed by atoms with Crippen LogP contribution in [0.5, 0.6) is 0 Å². The lowest BCUT2D eigenvalue weighted by Gasteiger charge is -2.10. The number of nitrogens with zero attached hydrogens (tertiary/aromatic N) is 1. The molecule has 0 fully saturated rings. The van der Waals surface area contributed by atoms with E-state index in [2.05, 4.69) is 10.3 Å². The van der Waals surface area contributed by atoms with Crippen LogP contribution in [-0.4, -0.2) is 10.9 Å². The summed E-state index contributed by atoms with van der Waals surface area (Å²) < 4.78 is 13.5. The van der Waals surface area contributed by atoms with Crippen molar-refractivity contribution in [3.8, 4) is 0 Å². The van der Waals surface area contributed by atoms with Crippen LogP contribution in [0.15, 0.2) is 30.3 Å². The van der Waals surface area contributed by atoms with Crippen molar-refractivity contribution in [1.82, 2.24) is 4.98 Å². The predicted octanol–water partition coefficient (Wildman–Crippen LogP) is 4.09. The van der Waals surface area contributed by atoms with Gasteiger partial charge in [-0.15, -0.1) is 0 Å². The summed E-state index contributed by atoms with van der Waals surface area (Å²) >= 11 is 11.6. The number of carbonyl (C=O) groups is 1. The zero-order valence-corrected chi connectivity index (χ0v) is 11.4. The van der Waals surface area contributed by atoms with Crippen LogP contribution in [0.2, 0.25) is 10.3 Å². The highest BCUT2D eigenvalue weighted by atomic mass is 35.5. The van der Waals surface area contributed by atoms with E-state index in [1.807, 2.05) is 0 Å². The molecule has 0 bridgehead atoms. The number of aryl methyl sites for hydroxylation is 1. The van der Waals surface area contributed by atoms with E-state index in [4.69, 9.17) is 23.2 Å². The summed E-state index contributed by atoms with van der Waals surface area (Å²) in [5, 5.41) is 2.82. The summed E-state index contributed by atoms with van der Waals surface area (Å²) in [6.07, 6.45) is 0. The topological polar surface area (TPSA) is 42.0 Å². The molecule has 0 atom stereocenters. The molecule has 98 valence electrons. The lowest BCUT2D eigenvalue weighted by molar-refractivity contribution is 0.102. The Kier molecular flexibility index (Phi) is 4.02. The molecule has 3 nitrogen and oxygen atoms in total. The fraction of sp³-hybridized carbons (Fsp3) is 0.0769. The molecule has 0 unspecified atom stereocenters. The highest BCUT2D eigenvalue weighted by Gasteiger charge is 2.15. The van der Waals surface area contributed by atoms with Gasteiger partial charge in [-0.2, -0.15) is 0 Å². The molecule has 0 saturated heterocycles. The van der Waals surface area contributed by atoms with Gasteiger partial charge < -0.3 is 5.32 Å². The van der Waals surface area contributed by atoms with Crippen LogP contribution in [0.4, 0.5) is 10.1 Å². The molecule has 0 spiro atoms. The Labute approximate surface area is 119 Å². The van der Waals surface area contributed by atoms with Crippen molar-refractivity contribution in [3.05, 3.63) is 57.6 Å². The smallest absolute Gasteiger partial charge is 0.258 e. The third-order valence-electron chi connectivity index (χ3n) is 2.50. The van der Waals surface area contributed by atoms with E-state index in [0.717, 1.165) is 0 Å². The first-order valence-corrected chi connectivity index (χ1v) is 6.13. The maximum atomic E-state index is 13.5. The summed E-state index contributed by atoms with van der Waals surface area (Å²) in [6, 6.07) is 7.24. The van der Waals surface area contributed by atoms with Crippen LogP contribution in [0.25, 0.3) is 0 Å². The number of aromatic nitrogens is 1. The number of benzene rings is 1. The maximum absolute atomic E-state index is 13.5. The van der Waals surface area contributed by atoms with Crippen LogP contribution in [-0.2, 0) is 0 Å². The molecule has 19 heavy (non-hydrogen) atoms. The van der Waals surface area contributed by atoms with Gasteiger partial charge in [-0.25, -0.2) is 9.37 Å². The van der Waals surface area contributed by atoms with E-state index in [-0.39, 0.29) is 15.9 Å². The molecular formula is C13H9Cl2FN2O. The van der Waals surface area contributed by atoms with Crippen LogP contribution in [0.1, 0.15) is 15.9 Å². The molecule has 1 aromatic carbocycles. The Morgan fingerprint density at radius 3 is 2.63 bits per heavy atom. The van der Waals surface area contributed by atoms with Gasteiger partial charge >= 0.3 is 0 Å². The van der Waals surface area contributed by atoms with Crippen molar-refractivity contribution in [2.45, 2.75) is 6.92 Å². The van der Waals surface area contributed by atoms with E-state index in [1.165, 1.54) is 18.2 Å². The third-order valence-corrected chi connectivity index (χ3v) is 2.97. The molecule has 0 aliphatic heterocycles. The van der Waals surface area contributed by atoms with Crippen molar-refractivity contribution in [2.75, 3.05) is 5.32 Å². The third kappa shape index (κ3) is 3.03. The number of hydrogen-bond acceptors (Lipinski definition) is 2. The summed E-state index contributed by atoms with van der Waals surface area (Å²) in [5.74, 6) is -1.19. The van der Waals surface area contributed by atoms with Crippen LogP contribution in [0, 0.1) is 12.7 Å². The fourth-order valence-corrected chi connectivity index (χ4v) is 2.15. The molecule has 0 aliphatic carbocycles. The van der Waals surface area contributed by atoms with Gasteiger partial charge in [0.15, 0.2) is 5.15 Å². The normalized spacial score (nSPS) is 10.3. The molecule has 1 N–H and O–H groups in total. The zero-order valence-electron chi connectivity index (χ0n) is 9.88. The average molecular weight is 299 g/mol. The fourth-order valence-electron chi connectivity index (χ4n) is 1.57. The first-order valence-electron chi connectivity index (χ1n) is 5.37. The van der Waals surface area contributed by atoms with E-state index < -0.39 is 11.7 Å². The molecule has 0 radical (unpaired) electrons. The van der Waals surface area contributed by atoms with Gasteiger partial charge in [0.25, 0.3) is 5.91 Å². The highest BCUT2D eigenvalue weighted by molar-refractivity contribution is 6.35. The summed E-state index contributed by atoms with van der Waals surface area (Å²) in [4.78, 5) is 15.8. The van der Waals surface area contributed by atoms with Crippen LogP contribution >= 0.6 is 23.2 Å². The van der Waals surface area contributed by atoms with Crippen molar-refractivity contribution >= 4 is 34.8 Å². The average Bonchev–Trinajstić information content (AvgIpc) is 2.34. The van der Waals surface area contributed by atoms with E-state index in [0.29, 0.717) is 11.3 Å². The van der Waals surface area contributed by atoms with E-state index >= 15 is 0 Å². The van der Waals surface area contributed by atoms with Gasteiger partial charge in [0.2, 0.25) is 0 Å². The molecule has 0 saturated carbocycles. The Morgan fingerprint density at radius 2 is 2.00 bits per heavy atom. The minimum absolute atomic E-state index is 0.0621. The molecule has 1 amide bonds. The number of rotatable bonds is 2. The van der Waals surface area contributed by atoms with Crippen molar-refractivity contribution in [2.24, 2.45) is 0 Å². The number of anilines is 1. The van der Waals surface area contributed by atoms with Gasteiger partial charge in [0, 0.05) is 0 Å². The SMILES string of the molecule is Cc1cc(Cl)nc(Cl)c1NC(=O)c1ccccc1F. The number of nitrogens with one attached hydrogen (secondary N) is 1. The Bertz CT molecular complexity index is 623. The molecular weight excluding hydrogens is 290 g/mol. The Morgan fingerprint density at radius 1 is 1.32 bits per heavy atom. The monoisotopic (exact) mass is 298 g/mol. The largest absolute Gasteiger partial charge is 0.319 e. The summed E-state index contributed by atoms with van der Waals surface area (Å²) in [5.41, 5.74) is 0.905. The lowest BCUT2D eigenvalue weighted by atomic mass is 10.2. The highest BCUT2D eigenvalue weighted by Crippen LogP contribution is 2.27. The summed E-state index contributed by atoms with van der Waals surface area (Å²) in [7, 11) is 0. The Hall–Kier alpha value is -1.65. The van der Waals surface area contributed by atoms with Gasteiger partial charge in [0.05, 0.1) is 11.3 Å². The molecule has 2 aromatic rings. The molecule has 6 heteroatoms. The number of pyridine rings is 1. The van der Waals surface area contributed by atoms with E-state index in [1.54, 1.807) is 19.1 Å². The second-order valence-electron chi connectivity index (χ2n) is 3.86. The lowest BCUT2D eigenvalue weighted by Crippen LogP contribution is -2.15. The molecule has 1 heterocycles. The first kappa shape index (κ1) is 13.8. The van der Waals surface area contributed by atoms with Crippen LogP contribution in [0.3, 0.4) is 0 Å².